The summed E-state index contributed by atoms with van der Waals surface area (Å²) in [6.45, 7) is 1.33. The van der Waals surface area contributed by atoms with Crippen molar-refractivity contribution in [2.45, 2.75) is 12.5 Å². The molecule has 0 bridgehead atoms. The van der Waals surface area contributed by atoms with Crippen LogP contribution in [0.2, 0.25) is 0 Å². The van der Waals surface area contributed by atoms with Crippen LogP contribution in [0, 0.1) is 0 Å². The number of benzene rings is 1. The van der Waals surface area contributed by atoms with Crippen molar-refractivity contribution < 1.29 is 14.3 Å². The largest absolute Gasteiger partial charge is 0.460 e. The molecule has 0 aromatic heterocycles. The molecule has 2 amide bonds. The fourth-order valence-corrected chi connectivity index (χ4v) is 3.78. The Morgan fingerprint density at radius 1 is 1.43 bits per heavy atom. The first-order valence-corrected chi connectivity index (χ1v) is 9.01. The highest BCUT2D eigenvalue weighted by molar-refractivity contribution is 8.82. The van der Waals surface area contributed by atoms with Crippen LogP contribution in [-0.2, 0) is 4.74 Å². The van der Waals surface area contributed by atoms with Gasteiger partial charge in [-0.2, -0.15) is 0 Å². The Labute approximate surface area is 132 Å². The lowest BCUT2D eigenvalue weighted by Gasteiger charge is -2.23. The summed E-state index contributed by atoms with van der Waals surface area (Å²) in [6.07, 6.45) is 0.839. The van der Waals surface area contributed by atoms with Gasteiger partial charge in [-0.25, -0.2) is 9.59 Å². The molecule has 0 aliphatic carbocycles. The van der Waals surface area contributed by atoms with E-state index in [1.54, 1.807) is 0 Å². The van der Waals surface area contributed by atoms with Gasteiger partial charge in [-0.05, 0) is 12.0 Å². The lowest BCUT2D eigenvalue weighted by molar-refractivity contribution is 0.200. The van der Waals surface area contributed by atoms with Crippen molar-refractivity contribution in [3.05, 3.63) is 35.9 Å². The normalized spacial score (nSPS) is 17.7. The number of ether oxygens (including phenoxy) is 1. The van der Waals surface area contributed by atoms with E-state index in [1.165, 1.54) is 17.9 Å². The lowest BCUT2D eigenvalue weighted by Crippen LogP contribution is -2.31. The van der Waals surface area contributed by atoms with Crippen LogP contribution < -0.4 is 5.32 Å². The number of rotatable bonds is 6. The molecule has 1 saturated heterocycles. The van der Waals surface area contributed by atoms with Crippen molar-refractivity contribution in [2.24, 2.45) is 0 Å². The van der Waals surface area contributed by atoms with Crippen molar-refractivity contribution >= 4 is 32.9 Å². The maximum Gasteiger partial charge on any atom is 0.377 e. The smallest absolute Gasteiger partial charge is 0.377 e. The maximum atomic E-state index is 11.9. The summed E-state index contributed by atoms with van der Waals surface area (Å²) in [4.78, 5) is 24.7. The van der Waals surface area contributed by atoms with E-state index in [-0.39, 0.29) is 17.4 Å². The van der Waals surface area contributed by atoms with E-state index in [0.717, 1.165) is 28.5 Å². The molecule has 1 aliphatic rings. The first kappa shape index (κ1) is 16.0. The van der Waals surface area contributed by atoms with Gasteiger partial charge in [0.1, 0.15) is 0 Å². The second-order valence-electron chi connectivity index (χ2n) is 4.52. The fourth-order valence-electron chi connectivity index (χ4n) is 2.19. The zero-order chi connectivity index (χ0) is 15.1. The molecule has 0 spiro atoms. The Morgan fingerprint density at radius 2 is 2.19 bits per heavy atom. The number of hydrogen-bond donors (Lipinski definition) is 1. The van der Waals surface area contributed by atoms with Crippen molar-refractivity contribution in [3.63, 3.8) is 0 Å². The molecule has 7 heteroatoms. The lowest BCUT2D eigenvalue weighted by atomic mass is 10.1. The van der Waals surface area contributed by atoms with Gasteiger partial charge in [0.05, 0.1) is 13.2 Å². The molecule has 114 valence electrons. The van der Waals surface area contributed by atoms with E-state index in [0.29, 0.717) is 13.1 Å². The van der Waals surface area contributed by atoms with Crippen LogP contribution in [0.25, 0.3) is 0 Å². The molecular weight excluding hydrogens is 308 g/mol. The number of nitrogens with zero attached hydrogens (tertiary/aromatic N) is 1. The summed E-state index contributed by atoms with van der Waals surface area (Å²) in [6, 6.07) is 10.1. The fraction of sp³-hybridized carbons (Fsp3) is 0.429. The molecule has 1 atom stereocenters. The Hall–Kier alpha value is -1.34. The minimum Gasteiger partial charge on any atom is -0.460 e. The van der Waals surface area contributed by atoms with Gasteiger partial charge >= 0.3 is 11.3 Å². The molecule has 0 radical (unpaired) electrons. The Bertz CT molecular complexity index is 484. The van der Waals surface area contributed by atoms with Crippen LogP contribution in [0.3, 0.4) is 0 Å². The number of urea groups is 1. The van der Waals surface area contributed by atoms with Crippen molar-refractivity contribution in [2.75, 3.05) is 26.0 Å². The topological polar surface area (TPSA) is 58.6 Å². The Morgan fingerprint density at radius 3 is 2.90 bits per heavy atom. The summed E-state index contributed by atoms with van der Waals surface area (Å²) in [5.41, 5.74) is 1.15. The van der Waals surface area contributed by atoms with Gasteiger partial charge in [0.2, 0.25) is 0 Å². The minimum absolute atomic E-state index is 0.0190. The third-order valence-corrected chi connectivity index (χ3v) is 5.33. The first-order valence-electron chi connectivity index (χ1n) is 6.69. The zero-order valence-electron chi connectivity index (χ0n) is 11.8. The summed E-state index contributed by atoms with van der Waals surface area (Å²) in [7, 11) is 3.91. The summed E-state index contributed by atoms with van der Waals surface area (Å²) < 4.78 is 4.55. The molecule has 21 heavy (non-hydrogen) atoms. The third kappa shape index (κ3) is 4.57. The van der Waals surface area contributed by atoms with Gasteiger partial charge in [0.15, 0.2) is 0 Å². The summed E-state index contributed by atoms with van der Waals surface area (Å²) in [5, 5.41) is 2.60. The van der Waals surface area contributed by atoms with Gasteiger partial charge in [-0.1, -0.05) is 41.1 Å². The average molecular weight is 326 g/mol. The van der Waals surface area contributed by atoms with E-state index in [9.17, 15) is 9.59 Å². The molecule has 1 aromatic carbocycles. The predicted molar refractivity (Wildman–Crippen MR) is 86.4 cm³/mol. The van der Waals surface area contributed by atoms with Crippen LogP contribution >= 0.6 is 21.6 Å². The third-order valence-electron chi connectivity index (χ3n) is 3.19. The second kappa shape index (κ2) is 8.19. The molecule has 1 fully saturated rings. The number of methoxy groups -OCH3 is 1. The molecule has 1 unspecified atom stereocenters. The van der Waals surface area contributed by atoms with Gasteiger partial charge in [-0.15, -0.1) is 0 Å². The van der Waals surface area contributed by atoms with E-state index in [2.05, 4.69) is 10.1 Å². The van der Waals surface area contributed by atoms with Crippen LogP contribution in [0.15, 0.2) is 30.3 Å². The predicted octanol–water partition coefficient (Wildman–Crippen LogP) is 3.29. The highest BCUT2D eigenvalue weighted by Gasteiger charge is 2.30. The van der Waals surface area contributed by atoms with Crippen LogP contribution in [-0.4, -0.2) is 42.2 Å². The van der Waals surface area contributed by atoms with Gasteiger partial charge < -0.3 is 15.0 Å². The molecule has 1 N–H and O–H groups in total. The minimum atomic E-state index is -0.291. The van der Waals surface area contributed by atoms with Gasteiger partial charge in [0.25, 0.3) is 0 Å². The molecule has 0 saturated carbocycles. The molecule has 1 aromatic rings. The number of hydrogen-bond acceptors (Lipinski definition) is 5. The number of nitrogens with one attached hydrogen (secondary N) is 1. The zero-order valence-corrected chi connectivity index (χ0v) is 13.4. The monoisotopic (exact) mass is 326 g/mol. The van der Waals surface area contributed by atoms with Crippen LogP contribution in [0.4, 0.5) is 9.59 Å². The average Bonchev–Trinajstić information content (AvgIpc) is 2.88. The number of amides is 2. The van der Waals surface area contributed by atoms with Crippen LogP contribution in [0.1, 0.15) is 18.0 Å². The standard InChI is InChI=1S/C14H18N2O3S2/c1-19-14(18)21-20-9-5-8-16-12(10-15-13(16)17)11-6-3-2-4-7-11/h2-4,6-7,12H,5,8-10H2,1H3,(H,15,17). The number of carbonyl (C=O) groups is 2. The Kier molecular flexibility index (Phi) is 6.25. The maximum absolute atomic E-state index is 11.9. The molecular formula is C14H18N2O3S2. The van der Waals surface area contributed by atoms with Crippen molar-refractivity contribution in [1.29, 1.82) is 0 Å². The quantitative estimate of drug-likeness (QED) is 0.494. The molecule has 5 nitrogen and oxygen atoms in total. The van der Waals surface area contributed by atoms with E-state index >= 15 is 0 Å². The second-order valence-corrected chi connectivity index (χ2v) is 6.87. The highest BCUT2D eigenvalue weighted by atomic mass is 33.1. The SMILES string of the molecule is COC(=O)SSCCCN1C(=O)NCC1c1ccccc1. The summed E-state index contributed by atoms with van der Waals surface area (Å²) in [5.74, 6) is 0.797. The van der Waals surface area contributed by atoms with E-state index in [4.69, 9.17) is 0 Å². The van der Waals surface area contributed by atoms with Crippen molar-refractivity contribution in [3.8, 4) is 0 Å². The van der Waals surface area contributed by atoms with Gasteiger partial charge in [-0.3, -0.25) is 0 Å². The van der Waals surface area contributed by atoms with E-state index < -0.39 is 0 Å². The molecule has 2 rings (SSSR count). The van der Waals surface area contributed by atoms with Crippen molar-refractivity contribution in [1.82, 2.24) is 10.2 Å². The molecule has 1 heterocycles. The van der Waals surface area contributed by atoms with E-state index in [1.807, 2.05) is 35.2 Å². The first-order chi connectivity index (χ1) is 10.2. The Balaban J connectivity index is 1.80. The van der Waals surface area contributed by atoms with Crippen LogP contribution in [0.5, 0.6) is 0 Å². The number of carbonyl (C=O) groups excluding carboxylic acids is 2. The summed E-state index contributed by atoms with van der Waals surface area (Å²) >= 11 is 0. The highest BCUT2D eigenvalue weighted by Crippen LogP contribution is 2.27. The van der Waals surface area contributed by atoms with Gasteiger partial charge in [0, 0.05) is 29.6 Å². The molecule has 1 aliphatic heterocycles.